The second-order valence-electron chi connectivity index (χ2n) is 6.94. The van der Waals surface area contributed by atoms with E-state index in [1.165, 1.54) is 11.8 Å². The summed E-state index contributed by atoms with van der Waals surface area (Å²) in [6.07, 6.45) is 3.79. The highest BCUT2D eigenvalue weighted by molar-refractivity contribution is 8.26. The van der Waals surface area contributed by atoms with E-state index >= 15 is 0 Å². The van der Waals surface area contributed by atoms with Gasteiger partial charge in [-0.3, -0.25) is 19.3 Å². The maximum absolute atomic E-state index is 12.7. The summed E-state index contributed by atoms with van der Waals surface area (Å²) in [6.45, 7) is 0.434. The van der Waals surface area contributed by atoms with Gasteiger partial charge in [-0.05, 0) is 25.0 Å². The van der Waals surface area contributed by atoms with E-state index in [-0.39, 0.29) is 24.7 Å². The average Bonchev–Trinajstić information content (AvgIpc) is 3.32. The third kappa shape index (κ3) is 5.90. The molecule has 1 amide bonds. The van der Waals surface area contributed by atoms with Crippen molar-refractivity contribution in [3.63, 3.8) is 0 Å². The fourth-order valence-corrected chi connectivity index (χ4v) is 4.36. The lowest BCUT2D eigenvalue weighted by Crippen LogP contribution is -2.29. The van der Waals surface area contributed by atoms with Gasteiger partial charge >= 0.3 is 5.97 Å². The third-order valence-electron chi connectivity index (χ3n) is 4.72. The Morgan fingerprint density at radius 3 is 2.55 bits per heavy atom. The molecule has 0 saturated carbocycles. The molecule has 0 atom stereocenters. The summed E-state index contributed by atoms with van der Waals surface area (Å²) in [5.74, 6) is 0.0313. The van der Waals surface area contributed by atoms with Crippen LogP contribution in [0.1, 0.15) is 41.8 Å². The molecular formula is C22H22N2O5S2. The number of thioether (sulfide) groups is 1. The molecule has 2 aromatic rings. The normalized spacial score (nSPS) is 15.1. The van der Waals surface area contributed by atoms with Crippen LogP contribution < -0.4 is 5.73 Å². The lowest BCUT2D eigenvalue weighted by Gasteiger charge is -2.13. The predicted octanol–water partition coefficient (Wildman–Crippen LogP) is 3.93. The van der Waals surface area contributed by atoms with Crippen molar-refractivity contribution in [1.82, 2.24) is 4.90 Å². The smallest absolute Gasteiger partial charge is 0.303 e. The average molecular weight is 459 g/mol. The molecule has 1 aliphatic rings. The van der Waals surface area contributed by atoms with Gasteiger partial charge < -0.3 is 15.3 Å². The van der Waals surface area contributed by atoms with Crippen molar-refractivity contribution < 1.29 is 23.9 Å². The molecule has 7 nitrogen and oxygen atoms in total. The fourth-order valence-electron chi connectivity index (χ4n) is 3.07. The Balaban J connectivity index is 1.63. The van der Waals surface area contributed by atoms with Crippen molar-refractivity contribution in [3.05, 3.63) is 52.6 Å². The van der Waals surface area contributed by atoms with Crippen LogP contribution >= 0.6 is 24.0 Å². The molecule has 1 fully saturated rings. The number of furan rings is 1. The molecule has 1 aromatic heterocycles. The number of hydrogen-bond donors (Lipinski definition) is 2. The molecule has 0 aliphatic carbocycles. The summed E-state index contributed by atoms with van der Waals surface area (Å²) in [7, 11) is 0. The van der Waals surface area contributed by atoms with Gasteiger partial charge in [0.05, 0.1) is 11.4 Å². The highest BCUT2D eigenvalue weighted by Gasteiger charge is 2.31. The number of nitrogens with two attached hydrogens (primary N) is 1. The lowest BCUT2D eigenvalue weighted by molar-refractivity contribution is -0.137. The van der Waals surface area contributed by atoms with Gasteiger partial charge in [0.1, 0.15) is 15.8 Å². The predicted molar refractivity (Wildman–Crippen MR) is 124 cm³/mol. The highest BCUT2D eigenvalue weighted by Crippen LogP contribution is 2.34. The van der Waals surface area contributed by atoms with Crippen LogP contribution in [0, 0.1) is 0 Å². The number of carboxylic acid groups (broad SMARTS) is 1. The molecule has 1 saturated heterocycles. The number of thiocarbonyl (C=S) groups is 1. The van der Waals surface area contributed by atoms with Crippen LogP contribution in [0.2, 0.25) is 0 Å². The number of carbonyl (C=O) groups is 3. The first-order chi connectivity index (χ1) is 14.9. The number of hydrogen-bond acceptors (Lipinski definition) is 7. The summed E-state index contributed by atoms with van der Waals surface area (Å²) < 4.78 is 6.33. The summed E-state index contributed by atoms with van der Waals surface area (Å²) in [5.41, 5.74) is 6.73. The van der Waals surface area contributed by atoms with Crippen LogP contribution in [0.5, 0.6) is 0 Å². The first-order valence-corrected chi connectivity index (χ1v) is 11.0. The molecule has 9 heteroatoms. The van der Waals surface area contributed by atoms with Crippen molar-refractivity contribution >= 4 is 52.0 Å². The van der Waals surface area contributed by atoms with E-state index in [0.29, 0.717) is 45.7 Å². The monoisotopic (exact) mass is 458 g/mol. The van der Waals surface area contributed by atoms with Gasteiger partial charge in [0, 0.05) is 30.2 Å². The van der Waals surface area contributed by atoms with Crippen molar-refractivity contribution in [2.75, 3.05) is 13.1 Å². The number of ketones is 1. The summed E-state index contributed by atoms with van der Waals surface area (Å²) >= 11 is 6.54. The Labute approximate surface area is 189 Å². The first-order valence-electron chi connectivity index (χ1n) is 9.79. The zero-order valence-corrected chi connectivity index (χ0v) is 18.3. The standard InChI is InChI=1S/C22H22N2O5S2/c23-13-17(25)14-5-7-15(8-6-14)18-10-9-16(29-18)12-19-21(28)24(22(30)31-19)11-3-1-2-4-20(26)27/h5-10,12H,1-4,11,13,23H2,(H,26,27)/b19-12-. The maximum atomic E-state index is 12.7. The van der Waals surface area contributed by atoms with Gasteiger partial charge in [0.15, 0.2) is 5.78 Å². The van der Waals surface area contributed by atoms with E-state index in [1.54, 1.807) is 47.4 Å². The minimum atomic E-state index is -0.814. The van der Waals surface area contributed by atoms with E-state index in [9.17, 15) is 14.4 Å². The van der Waals surface area contributed by atoms with E-state index in [0.717, 1.165) is 12.0 Å². The van der Waals surface area contributed by atoms with Crippen LogP contribution in [-0.2, 0) is 9.59 Å². The number of nitrogens with zero attached hydrogens (tertiary/aromatic N) is 1. The van der Waals surface area contributed by atoms with Gasteiger partial charge in [-0.15, -0.1) is 0 Å². The molecule has 1 aromatic carbocycles. The van der Waals surface area contributed by atoms with Gasteiger partial charge in [-0.2, -0.15) is 0 Å². The number of aliphatic carboxylic acids is 1. The number of amides is 1. The van der Waals surface area contributed by atoms with E-state index in [4.69, 9.17) is 27.5 Å². The number of unbranched alkanes of at least 4 members (excludes halogenated alkanes) is 2. The van der Waals surface area contributed by atoms with Crippen LogP contribution in [0.15, 0.2) is 45.7 Å². The Morgan fingerprint density at radius 1 is 1.13 bits per heavy atom. The molecule has 31 heavy (non-hydrogen) atoms. The van der Waals surface area contributed by atoms with Gasteiger partial charge in [-0.25, -0.2) is 0 Å². The minimum Gasteiger partial charge on any atom is -0.481 e. The zero-order valence-electron chi connectivity index (χ0n) is 16.7. The van der Waals surface area contributed by atoms with E-state index in [1.807, 2.05) is 0 Å². The molecule has 162 valence electrons. The molecule has 3 rings (SSSR count). The second kappa shape index (κ2) is 10.5. The van der Waals surface area contributed by atoms with E-state index in [2.05, 4.69) is 0 Å². The van der Waals surface area contributed by atoms with Crippen LogP contribution in [0.25, 0.3) is 17.4 Å². The molecule has 1 aliphatic heterocycles. The number of Topliss-reactive ketones (excluding diaryl/α,β-unsaturated/α-hetero) is 1. The lowest BCUT2D eigenvalue weighted by atomic mass is 10.1. The Bertz CT molecular complexity index is 1030. The van der Waals surface area contributed by atoms with E-state index < -0.39 is 5.97 Å². The Kier molecular flexibility index (Phi) is 7.78. The topological polar surface area (TPSA) is 114 Å². The SMILES string of the molecule is NCC(=O)c1ccc(-c2ccc(/C=C3\SC(=S)N(CCCCCC(=O)O)C3=O)o2)cc1. The molecule has 0 radical (unpaired) electrons. The van der Waals surface area contributed by atoms with Gasteiger partial charge in [0.2, 0.25) is 0 Å². The minimum absolute atomic E-state index is 0.0370. The summed E-state index contributed by atoms with van der Waals surface area (Å²) in [4.78, 5) is 36.9. The molecule has 0 bridgehead atoms. The van der Waals surface area contributed by atoms with Crippen molar-refractivity contribution in [2.45, 2.75) is 25.7 Å². The van der Waals surface area contributed by atoms with Gasteiger partial charge in [-0.1, -0.05) is 54.7 Å². The van der Waals surface area contributed by atoms with Crippen LogP contribution in [0.3, 0.4) is 0 Å². The highest BCUT2D eigenvalue weighted by atomic mass is 32.2. The summed E-state index contributed by atoms with van der Waals surface area (Å²) in [5, 5.41) is 8.68. The van der Waals surface area contributed by atoms with Crippen molar-refractivity contribution in [3.8, 4) is 11.3 Å². The van der Waals surface area contributed by atoms with Crippen molar-refractivity contribution in [1.29, 1.82) is 0 Å². The number of rotatable bonds is 10. The quantitative estimate of drug-likeness (QED) is 0.238. The number of carbonyl (C=O) groups excluding carboxylic acids is 2. The fraction of sp³-hybridized carbons (Fsp3) is 0.273. The molecular weight excluding hydrogens is 436 g/mol. The Morgan fingerprint density at radius 2 is 1.87 bits per heavy atom. The maximum Gasteiger partial charge on any atom is 0.303 e. The second-order valence-corrected chi connectivity index (χ2v) is 8.62. The zero-order chi connectivity index (χ0) is 22.4. The molecule has 2 heterocycles. The van der Waals surface area contributed by atoms with Crippen LogP contribution in [0.4, 0.5) is 0 Å². The van der Waals surface area contributed by atoms with Gasteiger partial charge in [0.25, 0.3) is 5.91 Å². The van der Waals surface area contributed by atoms with Crippen molar-refractivity contribution in [2.24, 2.45) is 5.73 Å². The third-order valence-corrected chi connectivity index (χ3v) is 6.10. The Hall–Kier alpha value is -2.75. The molecule has 0 spiro atoms. The number of benzene rings is 1. The first kappa shape index (κ1) is 22.9. The molecule has 0 unspecified atom stereocenters. The molecule has 3 N–H and O–H groups in total. The van der Waals surface area contributed by atoms with Crippen LogP contribution in [-0.4, -0.2) is 45.1 Å². The largest absolute Gasteiger partial charge is 0.481 e. The summed E-state index contributed by atoms with van der Waals surface area (Å²) in [6, 6.07) is 10.6. The number of carboxylic acids is 1.